The van der Waals surface area contributed by atoms with E-state index in [0.29, 0.717) is 5.92 Å². The van der Waals surface area contributed by atoms with Crippen LogP contribution in [0.4, 0.5) is 0 Å². The Morgan fingerprint density at radius 1 is 1.14 bits per heavy atom. The highest BCUT2D eigenvalue weighted by Gasteiger charge is 2.06. The molecule has 2 aromatic rings. The minimum absolute atomic E-state index is 0.589. The molecule has 0 spiro atoms. The minimum Gasteiger partial charge on any atom is -0.356 e. The topological polar surface area (TPSA) is 36.4 Å². The van der Waals surface area contributed by atoms with Gasteiger partial charge in [-0.2, -0.15) is 0 Å². The highest BCUT2D eigenvalue weighted by atomic mass is 32.1. The average Bonchev–Trinajstić information content (AvgIpc) is 3.04. The second-order valence-electron chi connectivity index (χ2n) is 5.50. The third-order valence-corrected chi connectivity index (χ3v) is 4.42. The fraction of sp³-hybridized carbons (Fsp3) is 0.389. The summed E-state index contributed by atoms with van der Waals surface area (Å²) >= 11 is 1.83. The first-order valence-corrected chi connectivity index (χ1v) is 8.66. The first kappa shape index (κ1) is 16.6. The second-order valence-corrected chi connectivity index (χ2v) is 6.54. The zero-order valence-corrected chi connectivity index (χ0v) is 14.2. The number of rotatable bonds is 7. The summed E-state index contributed by atoms with van der Waals surface area (Å²) in [5, 5.41) is 8.92. The number of aliphatic imine (C=N–C) groups is 1. The molecule has 0 saturated heterocycles. The van der Waals surface area contributed by atoms with Gasteiger partial charge in [0.25, 0.3) is 0 Å². The molecule has 2 rings (SSSR count). The van der Waals surface area contributed by atoms with E-state index in [1.54, 1.807) is 0 Å². The third kappa shape index (κ3) is 5.90. The third-order valence-electron chi connectivity index (χ3n) is 3.52. The van der Waals surface area contributed by atoms with Crippen molar-refractivity contribution in [3.05, 3.63) is 58.3 Å². The van der Waals surface area contributed by atoms with Gasteiger partial charge in [-0.25, -0.2) is 0 Å². The number of hydrogen-bond donors (Lipinski definition) is 2. The van der Waals surface area contributed by atoms with Crippen molar-refractivity contribution in [3.63, 3.8) is 0 Å². The van der Waals surface area contributed by atoms with Gasteiger partial charge in [-0.15, -0.1) is 11.3 Å². The Balaban J connectivity index is 1.66. The SMILES string of the molecule is CN=C(NCCc1ccccc1)NCC(C)Cc1cccs1. The lowest BCUT2D eigenvalue weighted by Crippen LogP contribution is -2.40. The summed E-state index contributed by atoms with van der Waals surface area (Å²) in [5.41, 5.74) is 1.34. The molecule has 1 aromatic heterocycles. The van der Waals surface area contributed by atoms with Gasteiger partial charge in [-0.3, -0.25) is 4.99 Å². The molecule has 1 heterocycles. The Kier molecular flexibility index (Phi) is 6.97. The summed E-state index contributed by atoms with van der Waals surface area (Å²) in [7, 11) is 1.82. The number of thiophene rings is 1. The molecule has 1 atom stereocenters. The van der Waals surface area contributed by atoms with E-state index in [9.17, 15) is 0 Å². The van der Waals surface area contributed by atoms with Crippen LogP contribution in [0.1, 0.15) is 17.4 Å². The molecule has 1 unspecified atom stereocenters. The minimum atomic E-state index is 0.589. The maximum atomic E-state index is 4.29. The Morgan fingerprint density at radius 2 is 1.95 bits per heavy atom. The number of hydrogen-bond acceptors (Lipinski definition) is 2. The largest absolute Gasteiger partial charge is 0.356 e. The maximum absolute atomic E-state index is 4.29. The van der Waals surface area contributed by atoms with Crippen molar-refractivity contribution in [3.8, 4) is 0 Å². The molecule has 3 nitrogen and oxygen atoms in total. The quantitative estimate of drug-likeness (QED) is 0.607. The van der Waals surface area contributed by atoms with Crippen LogP contribution in [0, 0.1) is 5.92 Å². The number of guanidine groups is 1. The lowest BCUT2D eigenvalue weighted by atomic mass is 10.1. The standard InChI is InChI=1S/C18H25N3S/c1-15(13-17-9-6-12-22-17)14-21-18(19-2)20-11-10-16-7-4-3-5-8-16/h3-9,12,15H,10-11,13-14H2,1-2H3,(H2,19,20,21). The Morgan fingerprint density at radius 3 is 2.64 bits per heavy atom. The molecule has 118 valence electrons. The monoisotopic (exact) mass is 315 g/mol. The first-order valence-electron chi connectivity index (χ1n) is 7.78. The predicted octanol–water partition coefficient (Wildman–Crippen LogP) is 3.33. The second kappa shape index (κ2) is 9.26. The molecule has 0 amide bonds. The van der Waals surface area contributed by atoms with Crippen LogP contribution >= 0.6 is 11.3 Å². The van der Waals surface area contributed by atoms with Crippen molar-refractivity contribution in [1.82, 2.24) is 10.6 Å². The van der Waals surface area contributed by atoms with E-state index >= 15 is 0 Å². The van der Waals surface area contributed by atoms with Gasteiger partial charge in [0.2, 0.25) is 0 Å². The van der Waals surface area contributed by atoms with Crippen molar-refractivity contribution in [2.24, 2.45) is 10.9 Å². The average molecular weight is 315 g/mol. The van der Waals surface area contributed by atoms with Crippen LogP contribution in [0.25, 0.3) is 0 Å². The van der Waals surface area contributed by atoms with E-state index in [0.717, 1.165) is 31.9 Å². The van der Waals surface area contributed by atoms with E-state index in [-0.39, 0.29) is 0 Å². The maximum Gasteiger partial charge on any atom is 0.190 e. The molecule has 0 aliphatic heterocycles. The van der Waals surface area contributed by atoms with Crippen LogP contribution < -0.4 is 10.6 Å². The van der Waals surface area contributed by atoms with E-state index in [1.165, 1.54) is 10.4 Å². The zero-order valence-electron chi connectivity index (χ0n) is 13.4. The van der Waals surface area contributed by atoms with Gasteiger partial charge in [0.1, 0.15) is 0 Å². The molecule has 1 aromatic carbocycles. The molecule has 22 heavy (non-hydrogen) atoms. The van der Waals surface area contributed by atoms with Gasteiger partial charge in [0, 0.05) is 25.0 Å². The summed E-state index contributed by atoms with van der Waals surface area (Å²) in [6.07, 6.45) is 2.12. The van der Waals surface area contributed by atoms with Crippen LogP contribution in [0.5, 0.6) is 0 Å². The van der Waals surface area contributed by atoms with Crippen LogP contribution in [-0.4, -0.2) is 26.1 Å². The van der Waals surface area contributed by atoms with Gasteiger partial charge < -0.3 is 10.6 Å². The fourth-order valence-corrected chi connectivity index (χ4v) is 3.18. The molecule has 0 radical (unpaired) electrons. The lowest BCUT2D eigenvalue weighted by molar-refractivity contribution is 0.562. The first-order chi connectivity index (χ1) is 10.8. The van der Waals surface area contributed by atoms with E-state index < -0.39 is 0 Å². The van der Waals surface area contributed by atoms with Crippen molar-refractivity contribution in [2.45, 2.75) is 19.8 Å². The molecule has 0 saturated carbocycles. The molecule has 0 aliphatic rings. The molecular formula is C18H25N3S. The Labute approximate surface area is 137 Å². The normalized spacial score (nSPS) is 12.9. The van der Waals surface area contributed by atoms with Crippen LogP contribution in [0.3, 0.4) is 0 Å². The zero-order chi connectivity index (χ0) is 15.6. The van der Waals surface area contributed by atoms with Crippen molar-refractivity contribution >= 4 is 17.3 Å². The van der Waals surface area contributed by atoms with Crippen molar-refractivity contribution in [2.75, 3.05) is 20.1 Å². The number of nitrogens with one attached hydrogen (secondary N) is 2. The molecule has 0 bridgehead atoms. The number of nitrogens with zero attached hydrogens (tertiary/aromatic N) is 1. The van der Waals surface area contributed by atoms with Crippen molar-refractivity contribution < 1.29 is 0 Å². The predicted molar refractivity (Wildman–Crippen MR) is 96.7 cm³/mol. The summed E-state index contributed by atoms with van der Waals surface area (Å²) < 4.78 is 0. The number of benzene rings is 1. The van der Waals surface area contributed by atoms with E-state index in [1.807, 2.05) is 24.5 Å². The summed E-state index contributed by atoms with van der Waals surface area (Å²) in [6.45, 7) is 4.09. The summed E-state index contributed by atoms with van der Waals surface area (Å²) in [6, 6.07) is 14.8. The molecule has 4 heteroatoms. The van der Waals surface area contributed by atoms with Crippen LogP contribution in [0.2, 0.25) is 0 Å². The smallest absolute Gasteiger partial charge is 0.190 e. The van der Waals surface area contributed by atoms with E-state index in [4.69, 9.17) is 0 Å². The van der Waals surface area contributed by atoms with Crippen LogP contribution in [0.15, 0.2) is 52.8 Å². The van der Waals surface area contributed by atoms with Gasteiger partial charge in [0.15, 0.2) is 5.96 Å². The van der Waals surface area contributed by atoms with Gasteiger partial charge in [-0.05, 0) is 35.8 Å². The summed E-state index contributed by atoms with van der Waals surface area (Å²) in [5.74, 6) is 1.47. The molecule has 2 N–H and O–H groups in total. The molecular weight excluding hydrogens is 290 g/mol. The molecule has 0 aliphatic carbocycles. The highest BCUT2D eigenvalue weighted by molar-refractivity contribution is 7.09. The Bertz CT molecular complexity index is 549. The van der Waals surface area contributed by atoms with Crippen molar-refractivity contribution in [1.29, 1.82) is 0 Å². The van der Waals surface area contributed by atoms with E-state index in [2.05, 4.69) is 64.3 Å². The van der Waals surface area contributed by atoms with Gasteiger partial charge >= 0.3 is 0 Å². The fourth-order valence-electron chi connectivity index (χ4n) is 2.31. The lowest BCUT2D eigenvalue weighted by Gasteiger charge is -2.15. The van der Waals surface area contributed by atoms with Gasteiger partial charge in [-0.1, -0.05) is 43.3 Å². The van der Waals surface area contributed by atoms with Gasteiger partial charge in [0.05, 0.1) is 0 Å². The highest BCUT2D eigenvalue weighted by Crippen LogP contribution is 2.13. The molecule has 0 fully saturated rings. The van der Waals surface area contributed by atoms with Crippen LogP contribution in [-0.2, 0) is 12.8 Å². The Hall–Kier alpha value is -1.81. The summed E-state index contributed by atoms with van der Waals surface area (Å²) in [4.78, 5) is 5.73.